The lowest BCUT2D eigenvalue weighted by atomic mass is 10.1. The molecule has 2 aromatic carbocycles. The Morgan fingerprint density at radius 2 is 1.69 bits per heavy atom. The lowest BCUT2D eigenvalue weighted by molar-refractivity contribution is -0.140. The van der Waals surface area contributed by atoms with Crippen molar-refractivity contribution in [1.82, 2.24) is 10.2 Å². The van der Waals surface area contributed by atoms with Crippen molar-refractivity contribution < 1.29 is 18.0 Å². The van der Waals surface area contributed by atoms with Crippen LogP contribution in [-0.4, -0.2) is 50.0 Å². The van der Waals surface area contributed by atoms with Crippen LogP contribution in [-0.2, 0) is 26.2 Å². The Bertz CT molecular complexity index is 1150. The quantitative estimate of drug-likeness (QED) is 0.421. The fraction of sp³-hybridized carbons (Fsp3) is 0.481. The zero-order valence-electron chi connectivity index (χ0n) is 22.0. The van der Waals surface area contributed by atoms with Crippen molar-refractivity contribution in [2.75, 3.05) is 17.1 Å². The second-order valence-electron chi connectivity index (χ2n) is 9.43. The highest BCUT2D eigenvalue weighted by Crippen LogP contribution is 2.22. The Hall–Kier alpha value is -2.58. The highest BCUT2D eigenvalue weighted by molar-refractivity contribution is 7.92. The first-order valence-electron chi connectivity index (χ1n) is 12.2. The first kappa shape index (κ1) is 29.6. The van der Waals surface area contributed by atoms with Gasteiger partial charge in [-0.25, -0.2) is 8.42 Å². The van der Waals surface area contributed by atoms with Crippen molar-refractivity contribution in [3.05, 3.63) is 64.2 Å². The van der Waals surface area contributed by atoms with Crippen LogP contribution >= 0.6 is 11.6 Å². The van der Waals surface area contributed by atoms with Gasteiger partial charge in [0.1, 0.15) is 6.04 Å². The van der Waals surface area contributed by atoms with Crippen molar-refractivity contribution in [2.45, 2.75) is 72.5 Å². The van der Waals surface area contributed by atoms with Gasteiger partial charge in [0.05, 0.1) is 11.9 Å². The maximum atomic E-state index is 13.4. The molecule has 7 nitrogen and oxygen atoms in total. The molecule has 0 aromatic heterocycles. The highest BCUT2D eigenvalue weighted by atomic mass is 35.5. The molecule has 0 bridgehead atoms. The number of nitrogens with one attached hydrogen (secondary N) is 1. The summed E-state index contributed by atoms with van der Waals surface area (Å²) in [4.78, 5) is 27.7. The van der Waals surface area contributed by atoms with E-state index in [0.29, 0.717) is 17.1 Å². The second-order valence-corrected chi connectivity index (χ2v) is 11.8. The average Bonchev–Trinajstić information content (AvgIpc) is 2.78. The highest BCUT2D eigenvalue weighted by Gasteiger charge is 2.27. The number of hydrogen-bond acceptors (Lipinski definition) is 4. The van der Waals surface area contributed by atoms with E-state index in [1.165, 1.54) is 15.5 Å². The van der Waals surface area contributed by atoms with Crippen LogP contribution in [0, 0.1) is 13.8 Å². The summed E-state index contributed by atoms with van der Waals surface area (Å²) in [5.41, 5.74) is 3.32. The third kappa shape index (κ3) is 8.82. The number of aryl methyl sites for hydroxylation is 2. The number of nitrogens with zero attached hydrogens (tertiary/aromatic N) is 2. The van der Waals surface area contributed by atoms with Crippen molar-refractivity contribution in [1.29, 1.82) is 0 Å². The van der Waals surface area contributed by atoms with Gasteiger partial charge in [-0.2, -0.15) is 0 Å². The van der Waals surface area contributed by atoms with Crippen molar-refractivity contribution in [3.8, 4) is 0 Å². The van der Waals surface area contributed by atoms with Gasteiger partial charge in [0, 0.05) is 30.6 Å². The Kier molecular flexibility index (Phi) is 10.8. The van der Waals surface area contributed by atoms with E-state index < -0.39 is 16.1 Å². The summed E-state index contributed by atoms with van der Waals surface area (Å²) in [5.74, 6) is -0.455. The summed E-state index contributed by atoms with van der Waals surface area (Å²) in [7, 11) is -3.54. The fourth-order valence-electron chi connectivity index (χ4n) is 3.98. The van der Waals surface area contributed by atoms with Crippen LogP contribution in [0.5, 0.6) is 0 Å². The SMILES string of the molecule is CC[C@@H](C)NC(=O)[C@@H](C)N(Cc1cccc(Cl)c1)C(=O)CCCN(c1cc(C)cc(C)c1)S(C)(=O)=O. The lowest BCUT2D eigenvalue weighted by Crippen LogP contribution is -2.49. The maximum absolute atomic E-state index is 13.4. The molecule has 2 amide bonds. The first-order chi connectivity index (χ1) is 16.8. The van der Waals surface area contributed by atoms with E-state index in [-0.39, 0.29) is 37.4 Å². The van der Waals surface area contributed by atoms with E-state index >= 15 is 0 Å². The van der Waals surface area contributed by atoms with Gasteiger partial charge in [0.15, 0.2) is 0 Å². The van der Waals surface area contributed by atoms with Crippen LogP contribution in [0.4, 0.5) is 5.69 Å². The molecule has 0 aliphatic heterocycles. The molecule has 0 saturated heterocycles. The smallest absolute Gasteiger partial charge is 0.242 e. The molecule has 9 heteroatoms. The van der Waals surface area contributed by atoms with E-state index in [0.717, 1.165) is 23.1 Å². The number of benzene rings is 2. The summed E-state index contributed by atoms with van der Waals surface area (Å²) in [6.45, 7) is 9.82. The van der Waals surface area contributed by atoms with Gasteiger partial charge in [0.25, 0.3) is 0 Å². The number of carbonyl (C=O) groups is 2. The predicted molar refractivity (Wildman–Crippen MR) is 147 cm³/mol. The zero-order chi connectivity index (χ0) is 27.0. The third-order valence-electron chi connectivity index (χ3n) is 6.06. The van der Waals surface area contributed by atoms with Crippen LogP contribution in [0.15, 0.2) is 42.5 Å². The van der Waals surface area contributed by atoms with E-state index in [9.17, 15) is 18.0 Å². The Balaban J connectivity index is 2.20. The molecule has 0 aliphatic rings. The minimum atomic E-state index is -3.54. The molecule has 2 atom stereocenters. The van der Waals surface area contributed by atoms with Gasteiger partial charge in [-0.1, -0.05) is 36.7 Å². The van der Waals surface area contributed by atoms with Crippen LogP contribution < -0.4 is 9.62 Å². The average molecular weight is 536 g/mol. The number of hydrogen-bond donors (Lipinski definition) is 1. The molecule has 36 heavy (non-hydrogen) atoms. The minimum Gasteiger partial charge on any atom is -0.352 e. The molecule has 2 rings (SSSR count). The molecule has 0 unspecified atom stereocenters. The number of rotatable bonds is 12. The van der Waals surface area contributed by atoms with Gasteiger partial charge in [0.2, 0.25) is 21.8 Å². The standard InChI is InChI=1S/C27H38ClN3O4S/c1-7-21(4)29-27(33)22(5)30(18-23-10-8-11-24(28)17-23)26(32)12-9-13-31(36(6,34)35)25-15-19(2)14-20(3)16-25/h8,10-11,14-17,21-22H,7,9,12-13,18H2,1-6H3,(H,29,33)/t21-,22-/m1/s1. The largest absolute Gasteiger partial charge is 0.352 e. The zero-order valence-corrected chi connectivity index (χ0v) is 23.6. The fourth-order valence-corrected chi connectivity index (χ4v) is 5.14. The molecule has 0 aliphatic carbocycles. The molecule has 0 fully saturated rings. The number of halogens is 1. The van der Waals surface area contributed by atoms with Gasteiger partial charge in [-0.05, 0) is 81.5 Å². The molecule has 0 heterocycles. The van der Waals surface area contributed by atoms with Gasteiger partial charge < -0.3 is 10.2 Å². The number of carbonyl (C=O) groups excluding carboxylic acids is 2. The van der Waals surface area contributed by atoms with Gasteiger partial charge >= 0.3 is 0 Å². The molecular weight excluding hydrogens is 498 g/mol. The van der Waals surface area contributed by atoms with Gasteiger partial charge in [-0.15, -0.1) is 0 Å². The molecule has 0 radical (unpaired) electrons. The monoisotopic (exact) mass is 535 g/mol. The third-order valence-corrected chi connectivity index (χ3v) is 7.49. The maximum Gasteiger partial charge on any atom is 0.242 e. The summed E-state index contributed by atoms with van der Waals surface area (Å²) >= 11 is 6.13. The van der Waals surface area contributed by atoms with Crippen LogP contribution in [0.1, 0.15) is 56.7 Å². The molecular formula is C27H38ClN3O4S. The Morgan fingerprint density at radius 1 is 1.06 bits per heavy atom. The number of amides is 2. The summed E-state index contributed by atoms with van der Waals surface area (Å²) in [6, 6.07) is 12.1. The van der Waals surface area contributed by atoms with Gasteiger partial charge in [-0.3, -0.25) is 13.9 Å². The molecule has 0 spiro atoms. The van der Waals surface area contributed by atoms with E-state index in [4.69, 9.17) is 11.6 Å². The summed E-state index contributed by atoms with van der Waals surface area (Å²) < 4.78 is 26.4. The summed E-state index contributed by atoms with van der Waals surface area (Å²) in [6.07, 6.45) is 2.35. The lowest BCUT2D eigenvalue weighted by Gasteiger charge is -2.30. The van der Waals surface area contributed by atoms with E-state index in [1.807, 2.05) is 52.0 Å². The van der Waals surface area contributed by atoms with Crippen molar-refractivity contribution in [2.24, 2.45) is 0 Å². The van der Waals surface area contributed by atoms with E-state index in [2.05, 4.69) is 5.32 Å². The van der Waals surface area contributed by atoms with Crippen LogP contribution in [0.25, 0.3) is 0 Å². The molecule has 198 valence electrons. The second kappa shape index (κ2) is 13.1. The van der Waals surface area contributed by atoms with Crippen molar-refractivity contribution >= 4 is 39.1 Å². The Labute approximate surface area is 220 Å². The van der Waals surface area contributed by atoms with Crippen molar-refractivity contribution in [3.63, 3.8) is 0 Å². The molecule has 0 saturated carbocycles. The number of anilines is 1. The topological polar surface area (TPSA) is 86.8 Å². The normalized spacial score (nSPS) is 13.1. The van der Waals surface area contributed by atoms with Crippen LogP contribution in [0.3, 0.4) is 0 Å². The Morgan fingerprint density at radius 3 is 2.25 bits per heavy atom. The molecule has 2 aromatic rings. The summed E-state index contributed by atoms with van der Waals surface area (Å²) in [5, 5.41) is 3.49. The predicted octanol–water partition coefficient (Wildman–Crippen LogP) is 4.84. The first-order valence-corrected chi connectivity index (χ1v) is 14.4. The number of sulfonamides is 1. The van der Waals surface area contributed by atoms with E-state index in [1.54, 1.807) is 25.1 Å². The minimum absolute atomic E-state index is 0.0100. The molecule has 1 N–H and O–H groups in total. The van der Waals surface area contributed by atoms with Crippen LogP contribution in [0.2, 0.25) is 5.02 Å².